The molecule has 3 aromatic rings. The van der Waals surface area contributed by atoms with Crippen molar-refractivity contribution in [1.82, 2.24) is 15.6 Å². The van der Waals surface area contributed by atoms with Crippen molar-refractivity contribution in [3.8, 4) is 11.5 Å². The Hall–Kier alpha value is -3.29. The predicted molar refractivity (Wildman–Crippen MR) is 116 cm³/mol. The molecule has 0 saturated heterocycles. The van der Waals surface area contributed by atoms with Gasteiger partial charge in [0.05, 0.1) is 10.7 Å². The summed E-state index contributed by atoms with van der Waals surface area (Å²) in [5.74, 6) is 0.787. The lowest BCUT2D eigenvalue weighted by Crippen LogP contribution is -2.28. The maximum atomic E-state index is 12.1. The summed E-state index contributed by atoms with van der Waals surface area (Å²) in [4.78, 5) is 27.7. The third-order valence-electron chi connectivity index (χ3n) is 3.98. The molecule has 1 heterocycles. The van der Waals surface area contributed by atoms with E-state index < -0.39 is 6.03 Å². The minimum absolute atomic E-state index is 0.265. The van der Waals surface area contributed by atoms with E-state index in [4.69, 9.17) is 27.9 Å². The first kappa shape index (κ1) is 21.4. The maximum absolute atomic E-state index is 12.1. The zero-order valence-electron chi connectivity index (χ0n) is 15.9. The van der Waals surface area contributed by atoms with E-state index in [1.807, 2.05) is 12.1 Å². The molecule has 3 amide bonds. The van der Waals surface area contributed by atoms with Crippen LogP contribution >= 0.6 is 23.2 Å². The van der Waals surface area contributed by atoms with E-state index in [1.54, 1.807) is 42.5 Å². The van der Waals surface area contributed by atoms with E-state index in [9.17, 15) is 9.59 Å². The maximum Gasteiger partial charge on any atom is 0.319 e. The molecule has 0 aliphatic carbocycles. The Kier molecular flexibility index (Phi) is 7.11. The van der Waals surface area contributed by atoms with Crippen molar-refractivity contribution in [3.05, 3.63) is 82.1 Å². The van der Waals surface area contributed by atoms with Gasteiger partial charge in [0.25, 0.3) is 5.91 Å². The molecule has 0 spiro atoms. The van der Waals surface area contributed by atoms with Crippen molar-refractivity contribution >= 4 is 40.8 Å². The highest BCUT2D eigenvalue weighted by atomic mass is 35.5. The zero-order valence-corrected chi connectivity index (χ0v) is 17.4. The van der Waals surface area contributed by atoms with Crippen LogP contribution in [-0.4, -0.2) is 24.0 Å². The van der Waals surface area contributed by atoms with E-state index >= 15 is 0 Å². The largest absolute Gasteiger partial charge is 0.457 e. The van der Waals surface area contributed by atoms with Crippen molar-refractivity contribution in [2.75, 3.05) is 12.4 Å². The summed E-state index contributed by atoms with van der Waals surface area (Å²) in [7, 11) is 1.54. The summed E-state index contributed by atoms with van der Waals surface area (Å²) < 4.78 is 5.75. The Labute approximate surface area is 183 Å². The summed E-state index contributed by atoms with van der Waals surface area (Å²) in [5, 5.41) is 8.78. The van der Waals surface area contributed by atoms with Gasteiger partial charge in [-0.3, -0.25) is 9.78 Å². The highest BCUT2D eigenvalue weighted by molar-refractivity contribution is 6.35. The first-order chi connectivity index (χ1) is 14.4. The summed E-state index contributed by atoms with van der Waals surface area (Å²) in [6.07, 6.45) is 1.50. The Balaban J connectivity index is 1.55. The number of carbonyl (C=O) groups excluding carboxylic acids is 2. The van der Waals surface area contributed by atoms with Gasteiger partial charge in [-0.25, -0.2) is 4.79 Å². The molecule has 3 N–H and O–H groups in total. The van der Waals surface area contributed by atoms with Crippen LogP contribution in [0, 0.1) is 0 Å². The van der Waals surface area contributed by atoms with E-state index in [0.717, 1.165) is 5.56 Å². The molecule has 3 rings (SSSR count). The molecule has 30 heavy (non-hydrogen) atoms. The third kappa shape index (κ3) is 5.85. The zero-order chi connectivity index (χ0) is 21.5. The molecule has 0 saturated carbocycles. The number of ether oxygens (including phenoxy) is 1. The average Bonchev–Trinajstić information content (AvgIpc) is 2.75. The van der Waals surface area contributed by atoms with Crippen molar-refractivity contribution in [2.24, 2.45) is 0 Å². The Morgan fingerprint density at radius 2 is 1.77 bits per heavy atom. The average molecular weight is 445 g/mol. The second kappa shape index (κ2) is 9.96. The summed E-state index contributed by atoms with van der Waals surface area (Å²) in [5.41, 5.74) is 1.57. The number of nitrogens with zero attached hydrogens (tertiary/aromatic N) is 1. The summed E-state index contributed by atoms with van der Waals surface area (Å²) >= 11 is 11.9. The number of aromatic nitrogens is 1. The number of anilines is 1. The number of pyridine rings is 1. The normalized spacial score (nSPS) is 10.2. The molecule has 0 unspecified atom stereocenters. The van der Waals surface area contributed by atoms with E-state index in [0.29, 0.717) is 33.8 Å². The van der Waals surface area contributed by atoms with Crippen molar-refractivity contribution in [1.29, 1.82) is 0 Å². The van der Waals surface area contributed by atoms with Gasteiger partial charge < -0.3 is 20.7 Å². The van der Waals surface area contributed by atoms with Gasteiger partial charge in [0.2, 0.25) is 0 Å². The fourth-order valence-corrected chi connectivity index (χ4v) is 2.82. The van der Waals surface area contributed by atoms with Crippen LogP contribution < -0.4 is 20.7 Å². The van der Waals surface area contributed by atoms with Crippen LogP contribution in [0.3, 0.4) is 0 Å². The van der Waals surface area contributed by atoms with Gasteiger partial charge in [-0.1, -0.05) is 35.3 Å². The summed E-state index contributed by atoms with van der Waals surface area (Å²) in [6.45, 7) is 0.306. The van der Waals surface area contributed by atoms with Crippen molar-refractivity contribution in [2.45, 2.75) is 6.54 Å². The molecule has 1 aromatic heterocycles. The highest BCUT2D eigenvalue weighted by Crippen LogP contribution is 2.25. The highest BCUT2D eigenvalue weighted by Gasteiger charge is 2.08. The number of hydrogen-bond acceptors (Lipinski definition) is 4. The van der Waals surface area contributed by atoms with Crippen LogP contribution in [-0.2, 0) is 6.54 Å². The molecular formula is C21H18Cl2N4O3. The summed E-state index contributed by atoms with van der Waals surface area (Å²) in [6, 6.07) is 14.8. The van der Waals surface area contributed by atoms with E-state index in [-0.39, 0.29) is 11.6 Å². The van der Waals surface area contributed by atoms with Crippen LogP contribution in [0.2, 0.25) is 10.0 Å². The van der Waals surface area contributed by atoms with Gasteiger partial charge in [-0.05, 0) is 42.0 Å². The van der Waals surface area contributed by atoms with Crippen molar-refractivity contribution in [3.63, 3.8) is 0 Å². The molecule has 0 atom stereocenters. The number of hydrogen-bond donors (Lipinski definition) is 3. The number of halogens is 2. The molecule has 154 valence electrons. The first-order valence-electron chi connectivity index (χ1n) is 8.89. The predicted octanol–water partition coefficient (Wildman–Crippen LogP) is 4.86. The molecule has 0 radical (unpaired) electrons. The second-order valence-electron chi connectivity index (χ2n) is 6.13. The van der Waals surface area contributed by atoms with Crippen LogP contribution in [0.5, 0.6) is 11.5 Å². The third-order valence-corrected chi connectivity index (χ3v) is 4.54. The number of benzene rings is 2. The van der Waals surface area contributed by atoms with E-state index in [2.05, 4.69) is 20.9 Å². The monoisotopic (exact) mass is 444 g/mol. The molecule has 2 aromatic carbocycles. The minimum Gasteiger partial charge on any atom is -0.457 e. The SMILES string of the molecule is CNC(=O)c1cc(Oc2ccc(CNC(=O)Nc3cc(Cl)ccc3Cl)cc2)ccn1. The first-order valence-corrected chi connectivity index (χ1v) is 9.65. The van der Waals surface area contributed by atoms with Crippen LogP contribution in [0.1, 0.15) is 16.1 Å². The number of carbonyl (C=O) groups is 2. The number of amides is 3. The molecule has 0 fully saturated rings. The topological polar surface area (TPSA) is 92.4 Å². The molecule has 0 aliphatic rings. The number of urea groups is 1. The lowest BCUT2D eigenvalue weighted by atomic mass is 10.2. The molecule has 9 heteroatoms. The lowest BCUT2D eigenvalue weighted by molar-refractivity contribution is 0.0958. The Bertz CT molecular complexity index is 1060. The smallest absolute Gasteiger partial charge is 0.319 e. The Morgan fingerprint density at radius 3 is 2.50 bits per heavy atom. The van der Waals surface area contributed by atoms with Crippen LogP contribution in [0.4, 0.5) is 10.5 Å². The van der Waals surface area contributed by atoms with Gasteiger partial charge in [0.15, 0.2) is 0 Å². The molecular weight excluding hydrogens is 427 g/mol. The van der Waals surface area contributed by atoms with Gasteiger partial charge in [-0.2, -0.15) is 0 Å². The van der Waals surface area contributed by atoms with Gasteiger partial charge >= 0.3 is 6.03 Å². The lowest BCUT2D eigenvalue weighted by Gasteiger charge is -2.10. The molecule has 7 nitrogen and oxygen atoms in total. The van der Waals surface area contributed by atoms with E-state index in [1.165, 1.54) is 13.2 Å². The van der Waals surface area contributed by atoms with Gasteiger partial charge in [0.1, 0.15) is 17.2 Å². The van der Waals surface area contributed by atoms with Crippen molar-refractivity contribution < 1.29 is 14.3 Å². The number of nitrogens with one attached hydrogen (secondary N) is 3. The molecule has 0 aliphatic heterocycles. The quantitative estimate of drug-likeness (QED) is 0.505. The van der Waals surface area contributed by atoms with Crippen LogP contribution in [0.25, 0.3) is 0 Å². The Morgan fingerprint density at radius 1 is 1.00 bits per heavy atom. The molecule has 0 bridgehead atoms. The van der Waals surface area contributed by atoms with Crippen LogP contribution in [0.15, 0.2) is 60.8 Å². The second-order valence-corrected chi connectivity index (χ2v) is 6.98. The fraction of sp³-hybridized carbons (Fsp3) is 0.0952. The van der Waals surface area contributed by atoms with Gasteiger partial charge in [-0.15, -0.1) is 0 Å². The fourth-order valence-electron chi connectivity index (χ4n) is 2.48. The minimum atomic E-state index is -0.405. The van der Waals surface area contributed by atoms with Gasteiger partial charge in [0, 0.05) is 30.9 Å². The number of rotatable bonds is 6. The standard InChI is InChI=1S/C21H18Cl2N4O3/c1-24-20(28)19-11-16(8-9-25-19)30-15-5-2-13(3-6-15)12-26-21(29)27-18-10-14(22)4-7-17(18)23/h2-11H,12H2,1H3,(H,24,28)(H2,26,27,29).